The van der Waals surface area contributed by atoms with Gasteiger partial charge in [0.05, 0.1) is 12.2 Å². The van der Waals surface area contributed by atoms with Crippen LogP contribution in [0.25, 0.3) is 0 Å². The topological polar surface area (TPSA) is 61.6 Å². The third-order valence-electron chi connectivity index (χ3n) is 4.37. The van der Waals surface area contributed by atoms with Gasteiger partial charge < -0.3 is 9.42 Å². The molecule has 1 aromatic heterocycles. The Morgan fingerprint density at radius 3 is 2.96 bits per heavy atom. The molecule has 1 fully saturated rings. The summed E-state index contributed by atoms with van der Waals surface area (Å²) in [6, 6.07) is 10.5. The summed E-state index contributed by atoms with van der Waals surface area (Å²) in [5, 5.41) is 6.56. The van der Waals surface area contributed by atoms with Crippen LogP contribution >= 0.6 is 0 Å². The van der Waals surface area contributed by atoms with Crippen LogP contribution in [0.4, 0.5) is 11.6 Å². The first-order valence-corrected chi connectivity index (χ1v) is 8.27. The molecule has 1 atom stereocenters. The predicted octanol–water partition coefficient (Wildman–Crippen LogP) is 2.82. The van der Waals surface area contributed by atoms with Crippen LogP contribution in [0.1, 0.15) is 30.1 Å². The van der Waals surface area contributed by atoms with Crippen LogP contribution in [0.2, 0.25) is 0 Å². The van der Waals surface area contributed by atoms with Gasteiger partial charge >= 0.3 is 0 Å². The molecule has 0 aliphatic carbocycles. The molecular weight excluding hydrogens is 304 g/mol. The van der Waals surface area contributed by atoms with Gasteiger partial charge in [0.2, 0.25) is 11.8 Å². The van der Waals surface area contributed by atoms with E-state index in [9.17, 15) is 4.79 Å². The van der Waals surface area contributed by atoms with E-state index in [-0.39, 0.29) is 11.9 Å². The predicted molar refractivity (Wildman–Crippen MR) is 94.2 cm³/mol. The molecule has 6 heteroatoms. The van der Waals surface area contributed by atoms with Crippen LogP contribution < -0.4 is 10.2 Å². The lowest BCUT2D eigenvalue weighted by molar-refractivity contribution is -0.117. The maximum atomic E-state index is 12.3. The van der Waals surface area contributed by atoms with Crippen LogP contribution in [0.5, 0.6) is 0 Å². The van der Waals surface area contributed by atoms with Gasteiger partial charge in [-0.1, -0.05) is 17.3 Å². The number of carbonyl (C=O) groups excluding carboxylic acids is 1. The molecule has 1 N–H and O–H groups in total. The summed E-state index contributed by atoms with van der Waals surface area (Å²) in [4.78, 5) is 16.6. The quantitative estimate of drug-likeness (QED) is 0.914. The molecule has 1 saturated heterocycles. The highest BCUT2D eigenvalue weighted by atomic mass is 16.5. The average Bonchev–Trinajstić information content (AvgIpc) is 3.16. The molecule has 1 aliphatic rings. The normalized spacial score (nSPS) is 17.9. The second-order valence-corrected chi connectivity index (χ2v) is 6.50. The minimum Gasteiger partial charge on any atom is -0.378 e. The Morgan fingerprint density at radius 1 is 1.42 bits per heavy atom. The molecule has 0 saturated carbocycles. The highest BCUT2D eigenvalue weighted by molar-refractivity contribution is 5.91. The standard InChI is InChI=1S/C18H24N4O2/c1-13-10-18(24-20-13)19-17(23)12-22-9-5-8-16(22)14-6-4-7-15(11-14)21(2)3/h4,6-7,10-11,16H,5,8-9,12H2,1-3H3,(H,19,23). The maximum Gasteiger partial charge on any atom is 0.240 e. The van der Waals surface area contributed by atoms with E-state index >= 15 is 0 Å². The second-order valence-electron chi connectivity index (χ2n) is 6.50. The van der Waals surface area contributed by atoms with Crippen LogP contribution in [-0.4, -0.2) is 43.1 Å². The Labute approximate surface area is 142 Å². The number of likely N-dealkylation sites (tertiary alicyclic amines) is 1. The molecule has 0 bridgehead atoms. The van der Waals surface area contributed by atoms with Crippen molar-refractivity contribution >= 4 is 17.5 Å². The molecule has 1 aromatic carbocycles. The van der Waals surface area contributed by atoms with Gasteiger partial charge in [-0.3, -0.25) is 15.0 Å². The fourth-order valence-corrected chi connectivity index (χ4v) is 3.19. The second kappa shape index (κ2) is 7.05. The van der Waals surface area contributed by atoms with Gasteiger partial charge in [-0.25, -0.2) is 0 Å². The van der Waals surface area contributed by atoms with Crippen LogP contribution in [-0.2, 0) is 4.79 Å². The number of benzene rings is 1. The molecule has 1 unspecified atom stereocenters. The molecule has 24 heavy (non-hydrogen) atoms. The van der Waals surface area contributed by atoms with Gasteiger partial charge in [-0.15, -0.1) is 0 Å². The van der Waals surface area contributed by atoms with E-state index in [0.717, 1.165) is 25.1 Å². The Balaban J connectivity index is 1.67. The number of hydrogen-bond donors (Lipinski definition) is 1. The molecule has 1 amide bonds. The van der Waals surface area contributed by atoms with Crippen molar-refractivity contribution in [1.82, 2.24) is 10.1 Å². The van der Waals surface area contributed by atoms with Gasteiger partial charge in [0.25, 0.3) is 0 Å². The van der Waals surface area contributed by atoms with Gasteiger partial charge in [-0.05, 0) is 44.0 Å². The Morgan fingerprint density at radius 2 is 2.25 bits per heavy atom. The molecule has 6 nitrogen and oxygen atoms in total. The van der Waals surface area contributed by atoms with Gasteiger partial charge in [0.1, 0.15) is 0 Å². The Bertz CT molecular complexity index is 711. The van der Waals surface area contributed by atoms with Crippen LogP contribution in [0.15, 0.2) is 34.9 Å². The minimum absolute atomic E-state index is 0.0678. The van der Waals surface area contributed by atoms with E-state index in [1.54, 1.807) is 6.07 Å². The lowest BCUT2D eigenvalue weighted by Gasteiger charge is -2.25. The number of aryl methyl sites for hydroxylation is 1. The highest BCUT2D eigenvalue weighted by Crippen LogP contribution is 2.33. The zero-order valence-electron chi connectivity index (χ0n) is 14.5. The van der Waals surface area contributed by atoms with Crippen molar-refractivity contribution in [2.24, 2.45) is 0 Å². The van der Waals surface area contributed by atoms with Crippen molar-refractivity contribution in [2.45, 2.75) is 25.8 Å². The molecule has 2 heterocycles. The van der Waals surface area contributed by atoms with Crippen molar-refractivity contribution in [3.05, 3.63) is 41.6 Å². The Kier molecular flexibility index (Phi) is 4.85. The number of hydrogen-bond acceptors (Lipinski definition) is 5. The molecule has 1 aliphatic heterocycles. The lowest BCUT2D eigenvalue weighted by atomic mass is 10.0. The van der Waals surface area contributed by atoms with Crippen molar-refractivity contribution in [2.75, 3.05) is 37.4 Å². The van der Waals surface area contributed by atoms with E-state index in [2.05, 4.69) is 44.5 Å². The minimum atomic E-state index is -0.0678. The van der Waals surface area contributed by atoms with Gasteiger partial charge in [-0.2, -0.15) is 0 Å². The number of rotatable bonds is 5. The largest absolute Gasteiger partial charge is 0.378 e. The molecular formula is C18H24N4O2. The monoisotopic (exact) mass is 328 g/mol. The summed E-state index contributed by atoms with van der Waals surface area (Å²) in [5.74, 6) is 0.338. The molecule has 0 radical (unpaired) electrons. The third-order valence-corrected chi connectivity index (χ3v) is 4.37. The first-order chi connectivity index (χ1) is 11.5. The van der Waals surface area contributed by atoms with E-state index in [1.807, 2.05) is 21.0 Å². The van der Waals surface area contributed by atoms with Crippen molar-refractivity contribution < 1.29 is 9.32 Å². The summed E-state index contributed by atoms with van der Waals surface area (Å²) < 4.78 is 5.05. The summed E-state index contributed by atoms with van der Waals surface area (Å²) in [5.41, 5.74) is 3.20. The average molecular weight is 328 g/mol. The molecule has 2 aromatic rings. The fourth-order valence-electron chi connectivity index (χ4n) is 3.19. The van der Waals surface area contributed by atoms with E-state index in [1.165, 1.54) is 11.3 Å². The summed E-state index contributed by atoms with van der Waals surface area (Å²) in [6.45, 7) is 3.11. The molecule has 3 rings (SSSR count). The third kappa shape index (κ3) is 3.76. The van der Waals surface area contributed by atoms with Gasteiger partial charge in [0.15, 0.2) is 0 Å². The maximum absolute atomic E-state index is 12.3. The zero-order valence-corrected chi connectivity index (χ0v) is 14.5. The smallest absolute Gasteiger partial charge is 0.240 e. The number of amides is 1. The van der Waals surface area contributed by atoms with Crippen molar-refractivity contribution in [3.63, 3.8) is 0 Å². The van der Waals surface area contributed by atoms with Crippen LogP contribution in [0.3, 0.4) is 0 Å². The number of nitrogens with one attached hydrogen (secondary N) is 1. The number of anilines is 2. The summed E-state index contributed by atoms with van der Waals surface area (Å²) >= 11 is 0. The SMILES string of the molecule is Cc1cc(NC(=O)CN2CCCC2c2cccc(N(C)C)c2)on1. The Hall–Kier alpha value is -2.34. The zero-order chi connectivity index (χ0) is 17.1. The fraction of sp³-hybridized carbons (Fsp3) is 0.444. The first-order valence-electron chi connectivity index (χ1n) is 8.27. The number of nitrogens with zero attached hydrogens (tertiary/aromatic N) is 3. The van der Waals surface area contributed by atoms with E-state index < -0.39 is 0 Å². The molecule has 128 valence electrons. The summed E-state index contributed by atoms with van der Waals surface area (Å²) in [6.07, 6.45) is 2.18. The lowest BCUT2D eigenvalue weighted by Crippen LogP contribution is -2.32. The summed E-state index contributed by atoms with van der Waals surface area (Å²) in [7, 11) is 4.08. The number of aromatic nitrogens is 1. The van der Waals surface area contributed by atoms with Crippen molar-refractivity contribution in [3.8, 4) is 0 Å². The van der Waals surface area contributed by atoms with E-state index in [4.69, 9.17) is 4.52 Å². The van der Waals surface area contributed by atoms with E-state index in [0.29, 0.717) is 12.4 Å². The highest BCUT2D eigenvalue weighted by Gasteiger charge is 2.28. The van der Waals surface area contributed by atoms with Crippen LogP contribution in [0, 0.1) is 6.92 Å². The molecule has 0 spiro atoms. The van der Waals surface area contributed by atoms with Gasteiger partial charge in [0, 0.05) is 31.9 Å². The van der Waals surface area contributed by atoms with Crippen molar-refractivity contribution in [1.29, 1.82) is 0 Å². The number of carbonyl (C=O) groups is 1. The first kappa shape index (κ1) is 16.5.